The van der Waals surface area contributed by atoms with Gasteiger partial charge in [-0.3, -0.25) is 18.0 Å². The lowest BCUT2D eigenvalue weighted by Gasteiger charge is -2.28. The van der Waals surface area contributed by atoms with Crippen LogP contribution >= 0.6 is 0 Å². The van der Waals surface area contributed by atoms with E-state index in [2.05, 4.69) is 10.4 Å². The van der Waals surface area contributed by atoms with Gasteiger partial charge in [0.2, 0.25) is 0 Å². The van der Waals surface area contributed by atoms with Crippen molar-refractivity contribution in [1.29, 1.82) is 0 Å². The fraction of sp³-hybridized carbons (Fsp3) is 0.238. The van der Waals surface area contributed by atoms with Gasteiger partial charge >= 0.3 is 0 Å². The van der Waals surface area contributed by atoms with Crippen LogP contribution in [0.2, 0.25) is 0 Å². The molecular weight excluding hydrogens is 388 g/mol. The van der Waals surface area contributed by atoms with Crippen LogP contribution in [0.15, 0.2) is 54.9 Å². The molecule has 0 aliphatic rings. The molecule has 3 rings (SSSR count). The number of aromatic nitrogens is 2. The molecule has 1 unspecified atom stereocenters. The lowest BCUT2D eigenvalue weighted by Crippen LogP contribution is -2.26. The van der Waals surface area contributed by atoms with E-state index in [0.29, 0.717) is 29.9 Å². The van der Waals surface area contributed by atoms with Crippen LogP contribution in [-0.4, -0.2) is 31.0 Å². The van der Waals surface area contributed by atoms with Gasteiger partial charge in [0.15, 0.2) is 0 Å². The van der Waals surface area contributed by atoms with Crippen molar-refractivity contribution in [2.24, 2.45) is 7.05 Å². The molecule has 0 fully saturated rings. The Labute approximate surface area is 172 Å². The summed E-state index contributed by atoms with van der Waals surface area (Å²) in [5, 5.41) is 6.97. The van der Waals surface area contributed by atoms with E-state index in [4.69, 9.17) is 0 Å². The van der Waals surface area contributed by atoms with Crippen molar-refractivity contribution in [3.05, 3.63) is 77.1 Å². The van der Waals surface area contributed by atoms with Gasteiger partial charge < -0.3 is 9.87 Å². The first-order chi connectivity index (χ1) is 13.8. The minimum atomic E-state index is -2.53. The zero-order chi connectivity index (χ0) is 21.0. The summed E-state index contributed by atoms with van der Waals surface area (Å²) in [4.78, 5) is 12.6. The second-order valence-corrected chi connectivity index (χ2v) is 7.68. The third kappa shape index (κ3) is 5.10. The highest BCUT2D eigenvalue weighted by molar-refractivity contribution is 7.81. The monoisotopic (exact) mass is 411 g/mol. The van der Waals surface area contributed by atoms with Crippen LogP contribution in [0.5, 0.6) is 0 Å². The van der Waals surface area contributed by atoms with Crippen LogP contribution in [0.25, 0.3) is 0 Å². The molecule has 0 aliphatic carbocycles. The molecule has 2 aromatic carbocycles. The summed E-state index contributed by atoms with van der Waals surface area (Å²) >= 11 is -2.53. The topological polar surface area (TPSA) is 90.3 Å². The van der Waals surface area contributed by atoms with Crippen molar-refractivity contribution < 1.29 is 13.6 Å². The summed E-state index contributed by atoms with van der Waals surface area (Å²) in [6, 6.07) is 12.2. The third-order valence-electron chi connectivity index (χ3n) is 4.57. The molecule has 1 atom stereocenters. The van der Waals surface area contributed by atoms with Crippen molar-refractivity contribution in [3.8, 4) is 0 Å². The van der Waals surface area contributed by atoms with Crippen LogP contribution in [0.3, 0.4) is 0 Å². The second kappa shape index (κ2) is 9.02. The molecule has 3 aromatic rings. The summed E-state index contributed by atoms with van der Waals surface area (Å²) in [7, 11) is 1.84. The maximum absolute atomic E-state index is 12.6. The highest BCUT2D eigenvalue weighted by Crippen LogP contribution is 2.30. The highest BCUT2D eigenvalue weighted by Gasteiger charge is 2.16. The summed E-state index contributed by atoms with van der Waals surface area (Å²) < 4.78 is 26.8. The molecule has 0 bridgehead atoms. The SMILES string of the molecule is Cc1ccc(N(c2cc(C(=O)NCCc3cnn(C)c3)ccc2C)S(=O)[O-])cc1. The number of carbonyl (C=O) groups is 1. The Morgan fingerprint density at radius 1 is 1.21 bits per heavy atom. The van der Waals surface area contributed by atoms with E-state index in [-0.39, 0.29) is 5.91 Å². The number of nitrogens with one attached hydrogen (secondary N) is 1. The molecule has 0 aliphatic heterocycles. The Bertz CT molecular complexity index is 1030. The van der Waals surface area contributed by atoms with Crippen LogP contribution < -0.4 is 9.62 Å². The van der Waals surface area contributed by atoms with E-state index >= 15 is 0 Å². The number of hydrogen-bond acceptors (Lipinski definition) is 4. The van der Waals surface area contributed by atoms with Gasteiger partial charge in [0.1, 0.15) is 0 Å². The zero-order valence-corrected chi connectivity index (χ0v) is 17.4. The van der Waals surface area contributed by atoms with Gasteiger partial charge in [-0.05, 0) is 55.7 Å². The Morgan fingerprint density at radius 3 is 2.55 bits per heavy atom. The van der Waals surface area contributed by atoms with Gasteiger partial charge in [-0.1, -0.05) is 23.8 Å². The fourth-order valence-electron chi connectivity index (χ4n) is 2.98. The van der Waals surface area contributed by atoms with Crippen LogP contribution in [-0.2, 0) is 24.7 Å². The maximum atomic E-state index is 12.6. The third-order valence-corrected chi connectivity index (χ3v) is 5.27. The molecular formula is C21H23N4O3S-. The first-order valence-corrected chi connectivity index (χ1v) is 10.2. The van der Waals surface area contributed by atoms with E-state index in [1.807, 2.05) is 39.2 Å². The van der Waals surface area contributed by atoms with Gasteiger partial charge in [0.05, 0.1) is 28.8 Å². The molecule has 1 heterocycles. The Balaban J connectivity index is 1.79. The Morgan fingerprint density at radius 2 is 1.93 bits per heavy atom. The molecule has 1 aromatic heterocycles. The average molecular weight is 412 g/mol. The van der Waals surface area contributed by atoms with E-state index in [1.165, 1.54) is 4.31 Å². The number of amides is 1. The predicted octanol–water partition coefficient (Wildman–Crippen LogP) is 2.94. The molecule has 29 heavy (non-hydrogen) atoms. The summed E-state index contributed by atoms with van der Waals surface area (Å²) in [6.45, 7) is 4.21. The molecule has 8 heteroatoms. The molecule has 0 saturated carbocycles. The van der Waals surface area contributed by atoms with Gasteiger partial charge in [-0.15, -0.1) is 0 Å². The molecule has 1 amide bonds. The molecule has 0 saturated heterocycles. The minimum absolute atomic E-state index is 0.254. The van der Waals surface area contributed by atoms with E-state index in [1.54, 1.807) is 41.2 Å². The maximum Gasteiger partial charge on any atom is 0.251 e. The first kappa shape index (κ1) is 20.8. The number of carbonyl (C=O) groups excluding carboxylic acids is 1. The second-order valence-electron chi connectivity index (χ2n) is 6.88. The van der Waals surface area contributed by atoms with Crippen molar-refractivity contribution in [2.75, 3.05) is 10.8 Å². The summed E-state index contributed by atoms with van der Waals surface area (Å²) in [6.07, 6.45) is 4.33. The number of benzene rings is 2. The van der Waals surface area contributed by atoms with Crippen molar-refractivity contribution in [2.45, 2.75) is 20.3 Å². The lowest BCUT2D eigenvalue weighted by atomic mass is 10.1. The van der Waals surface area contributed by atoms with Gasteiger partial charge in [-0.25, -0.2) is 0 Å². The number of rotatable bonds is 7. The molecule has 1 N–H and O–H groups in total. The number of nitrogens with zero attached hydrogens (tertiary/aromatic N) is 3. The van der Waals surface area contributed by atoms with E-state index in [9.17, 15) is 13.6 Å². The van der Waals surface area contributed by atoms with Crippen molar-refractivity contribution >= 4 is 28.5 Å². The highest BCUT2D eigenvalue weighted by atomic mass is 32.2. The van der Waals surface area contributed by atoms with Crippen molar-refractivity contribution in [3.63, 3.8) is 0 Å². The van der Waals surface area contributed by atoms with Crippen molar-refractivity contribution in [1.82, 2.24) is 15.1 Å². The van der Waals surface area contributed by atoms with Crippen LogP contribution in [0.1, 0.15) is 27.0 Å². The lowest BCUT2D eigenvalue weighted by molar-refractivity contribution is 0.0954. The zero-order valence-electron chi connectivity index (χ0n) is 16.6. The van der Waals surface area contributed by atoms with Gasteiger partial charge in [0, 0.05) is 25.4 Å². The number of aryl methyl sites for hydroxylation is 3. The van der Waals surface area contributed by atoms with E-state index < -0.39 is 11.3 Å². The summed E-state index contributed by atoms with van der Waals surface area (Å²) in [5.41, 5.74) is 4.18. The smallest absolute Gasteiger partial charge is 0.251 e. The normalized spacial score (nSPS) is 11.9. The standard InChI is InChI=1S/C21H24N4O3S/c1-15-4-8-19(9-5-15)25(29(27)28)20-12-18(7-6-16(20)2)21(26)22-11-10-17-13-23-24(3)14-17/h4-9,12-14H,10-11H2,1-3H3,(H,22,26)(H,27,28)/p-1. The fourth-order valence-corrected chi connectivity index (χ4v) is 3.63. The minimum Gasteiger partial charge on any atom is -0.755 e. The number of hydrogen-bond donors (Lipinski definition) is 1. The molecule has 152 valence electrons. The van der Waals surface area contributed by atoms with Crippen LogP contribution in [0, 0.1) is 13.8 Å². The Hall–Kier alpha value is -2.97. The largest absolute Gasteiger partial charge is 0.755 e. The van der Waals surface area contributed by atoms with E-state index in [0.717, 1.165) is 16.7 Å². The van der Waals surface area contributed by atoms with Gasteiger partial charge in [-0.2, -0.15) is 5.10 Å². The number of anilines is 2. The van der Waals surface area contributed by atoms with Gasteiger partial charge in [0.25, 0.3) is 5.91 Å². The quantitative estimate of drug-likeness (QED) is 0.605. The molecule has 0 radical (unpaired) electrons. The Kier molecular flexibility index (Phi) is 6.46. The molecule has 7 nitrogen and oxygen atoms in total. The van der Waals surface area contributed by atoms with Crippen LogP contribution in [0.4, 0.5) is 11.4 Å². The molecule has 0 spiro atoms. The summed E-state index contributed by atoms with van der Waals surface area (Å²) in [5.74, 6) is -0.254. The predicted molar refractivity (Wildman–Crippen MR) is 113 cm³/mol. The first-order valence-electron chi connectivity index (χ1n) is 9.17. The average Bonchev–Trinajstić information content (AvgIpc) is 3.09.